The van der Waals surface area contributed by atoms with Gasteiger partial charge in [-0.1, -0.05) is 0 Å². The van der Waals surface area contributed by atoms with Crippen LogP contribution < -0.4 is 5.32 Å². The number of nitro groups is 1. The van der Waals surface area contributed by atoms with Gasteiger partial charge in [0, 0.05) is 18.8 Å². The molecule has 0 aromatic carbocycles. The molecule has 122 valence electrons. The lowest BCUT2D eigenvalue weighted by atomic mass is 10.5. The molecule has 0 fully saturated rings. The van der Waals surface area contributed by atoms with E-state index in [1.807, 2.05) is 0 Å². The first-order valence-corrected chi connectivity index (χ1v) is 6.12. The molecule has 0 aliphatic carbocycles. The van der Waals surface area contributed by atoms with Crippen LogP contribution in [0.15, 0.2) is 0 Å². The number of aliphatic hydroxyl groups excluding tert-OH is 1. The van der Waals surface area contributed by atoms with Crippen molar-refractivity contribution in [3.05, 3.63) is 15.9 Å². The molecule has 0 bridgehead atoms. The Morgan fingerprint density at radius 3 is 2.77 bits per heavy atom. The number of methoxy groups -OCH3 is 1. The minimum absolute atomic E-state index is 0.158. The van der Waals surface area contributed by atoms with Gasteiger partial charge in [-0.3, -0.25) is 4.79 Å². The Bertz CT molecular complexity index is 544. The highest BCUT2D eigenvalue weighted by molar-refractivity contribution is 5.91. The standard InChI is InChI=1S/C10H15N5O7/c1-21-4-2-11-9(18)8-12-10(15(19)20)13-14(8)6-7(17)22-5-3-16/h16H,2-6H2,1H3,(H,11,18). The highest BCUT2D eigenvalue weighted by Gasteiger charge is 2.28. The number of hydrogen-bond acceptors (Lipinski definition) is 9. The van der Waals surface area contributed by atoms with Gasteiger partial charge in [0.15, 0.2) is 6.54 Å². The zero-order chi connectivity index (χ0) is 16.5. The van der Waals surface area contributed by atoms with Crippen LogP contribution in [0.3, 0.4) is 0 Å². The Hall–Kier alpha value is -2.60. The van der Waals surface area contributed by atoms with E-state index in [1.54, 1.807) is 0 Å². The van der Waals surface area contributed by atoms with Crippen molar-refractivity contribution >= 4 is 17.8 Å². The second-order valence-corrected chi connectivity index (χ2v) is 3.84. The van der Waals surface area contributed by atoms with E-state index in [2.05, 4.69) is 20.1 Å². The van der Waals surface area contributed by atoms with Crippen molar-refractivity contribution in [2.24, 2.45) is 0 Å². The Balaban J connectivity index is 2.86. The van der Waals surface area contributed by atoms with E-state index in [4.69, 9.17) is 9.84 Å². The van der Waals surface area contributed by atoms with Crippen molar-refractivity contribution in [3.63, 3.8) is 0 Å². The minimum atomic E-state index is -0.887. The number of esters is 1. The van der Waals surface area contributed by atoms with E-state index >= 15 is 0 Å². The van der Waals surface area contributed by atoms with Gasteiger partial charge in [0.2, 0.25) is 0 Å². The second-order valence-electron chi connectivity index (χ2n) is 3.84. The van der Waals surface area contributed by atoms with Crippen LogP contribution in [0.1, 0.15) is 10.6 Å². The van der Waals surface area contributed by atoms with E-state index in [9.17, 15) is 19.7 Å². The van der Waals surface area contributed by atoms with E-state index in [0.717, 1.165) is 4.68 Å². The molecule has 0 unspecified atom stereocenters. The van der Waals surface area contributed by atoms with Crippen LogP contribution in [-0.2, 0) is 20.8 Å². The number of aliphatic hydroxyl groups is 1. The first-order valence-electron chi connectivity index (χ1n) is 6.12. The predicted molar refractivity (Wildman–Crippen MR) is 68.9 cm³/mol. The maximum Gasteiger partial charge on any atom is 0.491 e. The normalized spacial score (nSPS) is 10.3. The SMILES string of the molecule is COCCNC(=O)c1nc([N+](=O)[O-])nn1CC(=O)OCCO. The lowest BCUT2D eigenvalue weighted by Gasteiger charge is -2.03. The molecule has 1 aromatic heterocycles. The Morgan fingerprint density at radius 2 is 2.18 bits per heavy atom. The van der Waals surface area contributed by atoms with Crippen molar-refractivity contribution in [1.82, 2.24) is 20.1 Å². The fourth-order valence-electron chi connectivity index (χ4n) is 1.36. The van der Waals surface area contributed by atoms with E-state index in [0.29, 0.717) is 0 Å². The van der Waals surface area contributed by atoms with E-state index < -0.39 is 35.1 Å². The number of carbonyl (C=O) groups excluding carboxylic acids is 2. The average molecular weight is 317 g/mol. The maximum atomic E-state index is 11.9. The zero-order valence-electron chi connectivity index (χ0n) is 11.7. The summed E-state index contributed by atoms with van der Waals surface area (Å²) in [4.78, 5) is 36.6. The summed E-state index contributed by atoms with van der Waals surface area (Å²) in [5.41, 5.74) is 0. The fourth-order valence-corrected chi connectivity index (χ4v) is 1.36. The zero-order valence-corrected chi connectivity index (χ0v) is 11.7. The van der Waals surface area contributed by atoms with Crippen LogP contribution in [0.2, 0.25) is 0 Å². The number of ether oxygens (including phenoxy) is 2. The Morgan fingerprint density at radius 1 is 1.45 bits per heavy atom. The largest absolute Gasteiger partial charge is 0.491 e. The number of aromatic nitrogens is 3. The van der Waals surface area contributed by atoms with Gasteiger partial charge in [-0.05, 0) is 9.91 Å². The molecule has 0 radical (unpaired) electrons. The molecule has 0 atom stereocenters. The number of carbonyl (C=O) groups is 2. The van der Waals surface area contributed by atoms with Crippen LogP contribution in [0.4, 0.5) is 5.95 Å². The molecular formula is C10H15N5O7. The van der Waals surface area contributed by atoms with Gasteiger partial charge in [-0.25, -0.2) is 4.79 Å². The molecule has 1 heterocycles. The van der Waals surface area contributed by atoms with Crippen LogP contribution >= 0.6 is 0 Å². The molecule has 1 aromatic rings. The van der Waals surface area contributed by atoms with Gasteiger partial charge >= 0.3 is 23.6 Å². The second kappa shape index (κ2) is 8.63. The number of nitrogens with zero attached hydrogens (tertiary/aromatic N) is 4. The summed E-state index contributed by atoms with van der Waals surface area (Å²) >= 11 is 0. The summed E-state index contributed by atoms with van der Waals surface area (Å²) in [6.45, 7) is -0.752. The number of amides is 1. The third-order valence-corrected chi connectivity index (χ3v) is 2.25. The lowest BCUT2D eigenvalue weighted by Crippen LogP contribution is -2.31. The van der Waals surface area contributed by atoms with Gasteiger partial charge in [0.1, 0.15) is 6.61 Å². The van der Waals surface area contributed by atoms with Crippen LogP contribution in [0.25, 0.3) is 0 Å². The molecule has 22 heavy (non-hydrogen) atoms. The van der Waals surface area contributed by atoms with Gasteiger partial charge in [-0.15, -0.1) is 0 Å². The highest BCUT2D eigenvalue weighted by Crippen LogP contribution is 2.06. The molecule has 1 rings (SSSR count). The number of rotatable bonds is 9. The molecule has 1 amide bonds. The summed E-state index contributed by atoms with van der Waals surface area (Å²) in [5.74, 6) is -2.78. The molecular weight excluding hydrogens is 302 g/mol. The minimum Gasteiger partial charge on any atom is -0.462 e. The van der Waals surface area contributed by atoms with Crippen molar-refractivity contribution in [1.29, 1.82) is 0 Å². The third-order valence-electron chi connectivity index (χ3n) is 2.25. The Labute approximate surface area is 124 Å². The highest BCUT2D eigenvalue weighted by atomic mass is 16.6. The quantitative estimate of drug-likeness (QED) is 0.229. The molecule has 0 saturated heterocycles. The third kappa shape index (κ3) is 5.06. The summed E-state index contributed by atoms with van der Waals surface area (Å²) in [5, 5.41) is 25.1. The fraction of sp³-hybridized carbons (Fsp3) is 0.600. The molecule has 0 aliphatic heterocycles. The first kappa shape index (κ1) is 17.5. The maximum absolute atomic E-state index is 11.9. The molecule has 12 nitrogen and oxygen atoms in total. The monoisotopic (exact) mass is 317 g/mol. The lowest BCUT2D eigenvalue weighted by molar-refractivity contribution is -0.394. The van der Waals surface area contributed by atoms with Crippen molar-refractivity contribution in [2.45, 2.75) is 6.54 Å². The molecule has 0 aliphatic rings. The topological polar surface area (TPSA) is 159 Å². The van der Waals surface area contributed by atoms with Gasteiger partial charge in [-0.2, -0.15) is 4.68 Å². The van der Waals surface area contributed by atoms with Crippen LogP contribution in [-0.4, -0.2) is 70.1 Å². The summed E-state index contributed by atoms with van der Waals surface area (Å²) in [6.07, 6.45) is 0. The molecule has 2 N–H and O–H groups in total. The first-order chi connectivity index (χ1) is 10.5. The van der Waals surface area contributed by atoms with Crippen molar-refractivity contribution in [2.75, 3.05) is 33.5 Å². The molecule has 0 spiro atoms. The van der Waals surface area contributed by atoms with E-state index in [1.165, 1.54) is 7.11 Å². The van der Waals surface area contributed by atoms with Gasteiger partial charge in [0.05, 0.1) is 13.2 Å². The Kier molecular flexibility index (Phi) is 6.85. The number of nitrogens with one attached hydrogen (secondary N) is 1. The predicted octanol–water partition coefficient (Wildman–Crippen LogP) is -1.90. The molecule has 0 saturated carbocycles. The van der Waals surface area contributed by atoms with Gasteiger partial charge in [0.25, 0.3) is 0 Å². The van der Waals surface area contributed by atoms with Crippen molar-refractivity contribution < 1.29 is 29.1 Å². The molecule has 12 heteroatoms. The average Bonchev–Trinajstić information content (AvgIpc) is 2.89. The van der Waals surface area contributed by atoms with Crippen LogP contribution in [0.5, 0.6) is 0 Å². The summed E-state index contributed by atoms with van der Waals surface area (Å²) in [7, 11) is 1.44. The number of hydrogen-bond donors (Lipinski definition) is 2. The smallest absolute Gasteiger partial charge is 0.462 e. The summed E-state index contributed by atoms with van der Waals surface area (Å²) < 4.78 is 10.1. The van der Waals surface area contributed by atoms with Crippen molar-refractivity contribution in [3.8, 4) is 0 Å². The van der Waals surface area contributed by atoms with Crippen LogP contribution in [0, 0.1) is 10.1 Å². The van der Waals surface area contributed by atoms with Gasteiger partial charge < -0.3 is 30.0 Å². The van der Waals surface area contributed by atoms with E-state index in [-0.39, 0.29) is 26.4 Å². The summed E-state index contributed by atoms with van der Waals surface area (Å²) in [6, 6.07) is 0.